The largest absolute Gasteiger partial charge is 0.496 e. The van der Waals surface area contributed by atoms with E-state index in [1.165, 1.54) is 17.5 Å². The van der Waals surface area contributed by atoms with Crippen LogP contribution in [0.25, 0.3) is 0 Å². The highest BCUT2D eigenvalue weighted by molar-refractivity contribution is 5.41. The van der Waals surface area contributed by atoms with Crippen LogP contribution >= 0.6 is 0 Å². The number of benzene rings is 2. The Hall–Kier alpha value is -2.00. The molecule has 3 rings (SSSR count). The molecule has 3 nitrogen and oxygen atoms in total. The van der Waals surface area contributed by atoms with E-state index in [-0.39, 0.29) is 0 Å². The summed E-state index contributed by atoms with van der Waals surface area (Å²) in [5.41, 5.74) is 3.86. The lowest BCUT2D eigenvalue weighted by Gasteiger charge is -2.12. The Morgan fingerprint density at radius 1 is 1.19 bits per heavy atom. The first-order valence-electron chi connectivity index (χ1n) is 7.36. The van der Waals surface area contributed by atoms with E-state index in [9.17, 15) is 0 Å². The fourth-order valence-corrected chi connectivity index (χ4v) is 2.97. The summed E-state index contributed by atoms with van der Waals surface area (Å²) in [7, 11) is 3.71. The number of fused-ring (bicyclic) bond motifs is 1. The summed E-state index contributed by atoms with van der Waals surface area (Å²) in [6, 6.07) is 14.9. The fourth-order valence-electron chi connectivity index (χ4n) is 2.97. The zero-order chi connectivity index (χ0) is 14.7. The second-order valence-corrected chi connectivity index (χ2v) is 5.34. The molecule has 0 bridgehead atoms. The van der Waals surface area contributed by atoms with Crippen molar-refractivity contribution in [3.05, 3.63) is 59.2 Å². The molecule has 0 heterocycles. The molecule has 2 aromatic rings. The molecule has 1 atom stereocenters. The van der Waals surface area contributed by atoms with Gasteiger partial charge in [0.25, 0.3) is 0 Å². The quantitative estimate of drug-likeness (QED) is 0.911. The molecule has 1 aliphatic carbocycles. The van der Waals surface area contributed by atoms with Gasteiger partial charge in [-0.15, -0.1) is 0 Å². The number of rotatable bonds is 5. The van der Waals surface area contributed by atoms with Crippen molar-refractivity contribution in [1.82, 2.24) is 5.32 Å². The molecule has 21 heavy (non-hydrogen) atoms. The lowest BCUT2D eigenvalue weighted by molar-refractivity contribution is 0.296. The van der Waals surface area contributed by atoms with Crippen LogP contribution in [0.2, 0.25) is 0 Å². The van der Waals surface area contributed by atoms with Gasteiger partial charge in [-0.2, -0.15) is 0 Å². The Kier molecular flexibility index (Phi) is 4.11. The van der Waals surface area contributed by atoms with Crippen molar-refractivity contribution in [2.24, 2.45) is 0 Å². The van der Waals surface area contributed by atoms with E-state index in [0.29, 0.717) is 12.6 Å². The summed E-state index contributed by atoms with van der Waals surface area (Å²) in [6.07, 6.45) is 2.29. The van der Waals surface area contributed by atoms with Crippen molar-refractivity contribution in [2.75, 3.05) is 14.2 Å². The van der Waals surface area contributed by atoms with Crippen LogP contribution in [0.4, 0.5) is 0 Å². The van der Waals surface area contributed by atoms with Gasteiger partial charge >= 0.3 is 0 Å². The molecule has 0 aliphatic heterocycles. The van der Waals surface area contributed by atoms with E-state index in [4.69, 9.17) is 9.47 Å². The number of nitrogens with one attached hydrogen (secondary N) is 1. The lowest BCUT2D eigenvalue weighted by atomic mass is 10.1. The molecular formula is C18H21NO2. The highest BCUT2D eigenvalue weighted by Crippen LogP contribution is 2.33. The first-order valence-corrected chi connectivity index (χ1v) is 7.36. The number of aryl methyl sites for hydroxylation is 1. The van der Waals surface area contributed by atoms with Crippen molar-refractivity contribution in [3.63, 3.8) is 0 Å². The molecule has 0 fully saturated rings. The van der Waals surface area contributed by atoms with Gasteiger partial charge in [0.15, 0.2) is 0 Å². The second-order valence-electron chi connectivity index (χ2n) is 5.34. The molecule has 1 unspecified atom stereocenters. The van der Waals surface area contributed by atoms with Crippen LogP contribution in [0.5, 0.6) is 11.5 Å². The van der Waals surface area contributed by atoms with E-state index >= 15 is 0 Å². The minimum atomic E-state index is 0.489. The number of methoxy groups -OCH3 is 1. The minimum absolute atomic E-state index is 0.489. The third-order valence-electron chi connectivity index (χ3n) is 4.13. The smallest absolute Gasteiger partial charge is 0.125 e. The minimum Gasteiger partial charge on any atom is -0.496 e. The van der Waals surface area contributed by atoms with E-state index < -0.39 is 0 Å². The zero-order valence-electron chi connectivity index (χ0n) is 12.6. The summed E-state index contributed by atoms with van der Waals surface area (Å²) in [4.78, 5) is 0. The molecule has 0 spiro atoms. The van der Waals surface area contributed by atoms with Gasteiger partial charge in [0, 0.05) is 11.6 Å². The van der Waals surface area contributed by atoms with Crippen molar-refractivity contribution in [3.8, 4) is 11.5 Å². The first-order chi connectivity index (χ1) is 10.3. The number of ether oxygens (including phenoxy) is 2. The summed E-state index contributed by atoms with van der Waals surface area (Å²) < 4.78 is 11.3. The zero-order valence-corrected chi connectivity index (χ0v) is 12.6. The van der Waals surface area contributed by atoms with Gasteiger partial charge in [-0.05, 0) is 49.2 Å². The number of hydrogen-bond donors (Lipinski definition) is 1. The Bertz CT molecular complexity index is 624. The summed E-state index contributed by atoms with van der Waals surface area (Å²) in [6.45, 7) is 0.526. The van der Waals surface area contributed by atoms with Crippen LogP contribution in [-0.2, 0) is 13.0 Å². The Labute approximate surface area is 125 Å². The molecule has 0 aromatic heterocycles. The molecule has 2 aromatic carbocycles. The molecule has 0 saturated heterocycles. The van der Waals surface area contributed by atoms with E-state index in [2.05, 4.69) is 23.5 Å². The van der Waals surface area contributed by atoms with Gasteiger partial charge in [-0.25, -0.2) is 0 Å². The third kappa shape index (κ3) is 2.88. The molecule has 110 valence electrons. The molecule has 1 aliphatic rings. The average molecular weight is 283 g/mol. The maximum absolute atomic E-state index is 5.93. The molecule has 3 heteroatoms. The standard InChI is InChI=1S/C18H21NO2/c1-19-17-10-7-13-11-15(8-9-16(13)17)21-12-14-5-3-4-6-18(14)20-2/h3-6,8-9,11,17,19H,7,10,12H2,1-2H3. The summed E-state index contributed by atoms with van der Waals surface area (Å²) in [5.74, 6) is 1.80. The predicted octanol–water partition coefficient (Wildman–Crippen LogP) is 3.48. The van der Waals surface area contributed by atoms with E-state index in [1.54, 1.807) is 7.11 Å². The second kappa shape index (κ2) is 6.19. The maximum atomic E-state index is 5.93. The van der Waals surface area contributed by atoms with Crippen LogP contribution in [0.15, 0.2) is 42.5 Å². The highest BCUT2D eigenvalue weighted by atomic mass is 16.5. The third-order valence-corrected chi connectivity index (χ3v) is 4.13. The molecular weight excluding hydrogens is 262 g/mol. The van der Waals surface area contributed by atoms with Gasteiger partial charge in [-0.3, -0.25) is 0 Å². The Balaban J connectivity index is 1.72. The molecule has 0 amide bonds. The SMILES string of the molecule is CNC1CCc2cc(OCc3ccccc3OC)ccc21. The van der Waals surface area contributed by atoms with Crippen molar-refractivity contribution < 1.29 is 9.47 Å². The van der Waals surface area contributed by atoms with Crippen LogP contribution in [0.1, 0.15) is 29.2 Å². The van der Waals surface area contributed by atoms with Crippen LogP contribution in [0.3, 0.4) is 0 Å². The Morgan fingerprint density at radius 2 is 2.05 bits per heavy atom. The maximum Gasteiger partial charge on any atom is 0.125 e. The van der Waals surface area contributed by atoms with Crippen molar-refractivity contribution in [1.29, 1.82) is 0 Å². The van der Waals surface area contributed by atoms with Crippen molar-refractivity contribution in [2.45, 2.75) is 25.5 Å². The van der Waals surface area contributed by atoms with Crippen LogP contribution in [0, 0.1) is 0 Å². The topological polar surface area (TPSA) is 30.5 Å². The average Bonchev–Trinajstić information content (AvgIpc) is 2.95. The summed E-state index contributed by atoms with van der Waals surface area (Å²) in [5, 5.41) is 3.36. The number of hydrogen-bond acceptors (Lipinski definition) is 3. The van der Waals surface area contributed by atoms with Crippen LogP contribution in [-0.4, -0.2) is 14.2 Å². The highest BCUT2D eigenvalue weighted by Gasteiger charge is 2.21. The van der Waals surface area contributed by atoms with Gasteiger partial charge in [0.05, 0.1) is 7.11 Å². The van der Waals surface area contributed by atoms with E-state index in [1.807, 2.05) is 31.3 Å². The Morgan fingerprint density at radius 3 is 2.86 bits per heavy atom. The monoisotopic (exact) mass is 283 g/mol. The molecule has 0 radical (unpaired) electrons. The predicted molar refractivity (Wildman–Crippen MR) is 83.9 cm³/mol. The van der Waals surface area contributed by atoms with Gasteiger partial charge in [0.1, 0.15) is 18.1 Å². The summed E-state index contributed by atoms with van der Waals surface area (Å²) >= 11 is 0. The molecule has 1 N–H and O–H groups in total. The van der Waals surface area contributed by atoms with Crippen molar-refractivity contribution >= 4 is 0 Å². The van der Waals surface area contributed by atoms with Gasteiger partial charge < -0.3 is 14.8 Å². The van der Waals surface area contributed by atoms with Gasteiger partial charge in [0.2, 0.25) is 0 Å². The normalized spacial score (nSPS) is 16.6. The lowest BCUT2D eigenvalue weighted by Crippen LogP contribution is -2.12. The van der Waals surface area contributed by atoms with E-state index in [0.717, 1.165) is 23.5 Å². The van der Waals surface area contributed by atoms with Gasteiger partial charge in [-0.1, -0.05) is 24.3 Å². The first kappa shape index (κ1) is 14.0. The molecule has 0 saturated carbocycles. The fraction of sp³-hybridized carbons (Fsp3) is 0.333. The van der Waals surface area contributed by atoms with Crippen LogP contribution < -0.4 is 14.8 Å². The number of para-hydroxylation sites is 1.